The highest BCUT2D eigenvalue weighted by molar-refractivity contribution is 4.87. The molecule has 1 N–H and O–H groups in total. The van der Waals surface area contributed by atoms with Gasteiger partial charge in [0.05, 0.1) is 18.7 Å². The van der Waals surface area contributed by atoms with Gasteiger partial charge in [0.2, 0.25) is 0 Å². The zero-order valence-electron chi connectivity index (χ0n) is 9.98. The largest absolute Gasteiger partial charge is 0.377 e. The van der Waals surface area contributed by atoms with E-state index in [4.69, 9.17) is 10.00 Å². The molecule has 0 radical (unpaired) electrons. The quantitative estimate of drug-likeness (QED) is 0.717. The van der Waals surface area contributed by atoms with Crippen molar-refractivity contribution in [3.8, 4) is 6.07 Å². The summed E-state index contributed by atoms with van der Waals surface area (Å²) in [7, 11) is 0. The van der Waals surface area contributed by atoms with Crippen LogP contribution in [0, 0.1) is 11.3 Å². The Kier molecular flexibility index (Phi) is 4.16. The summed E-state index contributed by atoms with van der Waals surface area (Å²) in [6.07, 6.45) is 3.81. The standard InChI is InChI=1S/C12H21N3O/c1-10-12(4-9-16-10)14-11-2-6-15(7-3-11)8-5-13/h10-12,14H,2-4,6-9H2,1H3. The Morgan fingerprint density at radius 1 is 1.38 bits per heavy atom. The van der Waals surface area contributed by atoms with Crippen LogP contribution in [0.15, 0.2) is 0 Å². The van der Waals surface area contributed by atoms with E-state index in [0.29, 0.717) is 24.7 Å². The number of piperidine rings is 1. The zero-order chi connectivity index (χ0) is 11.4. The normalized spacial score (nSPS) is 32.8. The lowest BCUT2D eigenvalue weighted by molar-refractivity contribution is 0.106. The predicted molar refractivity (Wildman–Crippen MR) is 62.0 cm³/mol. The van der Waals surface area contributed by atoms with E-state index in [1.165, 1.54) is 0 Å². The Balaban J connectivity index is 1.71. The third-order valence-electron chi connectivity index (χ3n) is 3.71. The Morgan fingerprint density at radius 2 is 2.12 bits per heavy atom. The van der Waals surface area contributed by atoms with Crippen molar-refractivity contribution in [2.75, 3.05) is 26.2 Å². The van der Waals surface area contributed by atoms with E-state index in [9.17, 15) is 0 Å². The summed E-state index contributed by atoms with van der Waals surface area (Å²) in [5.74, 6) is 0. The van der Waals surface area contributed by atoms with Crippen LogP contribution in [0.1, 0.15) is 26.2 Å². The third kappa shape index (κ3) is 2.94. The Bertz CT molecular complexity index is 255. The molecule has 2 rings (SSSR count). The van der Waals surface area contributed by atoms with E-state index in [2.05, 4.69) is 23.2 Å². The Morgan fingerprint density at radius 3 is 2.69 bits per heavy atom. The van der Waals surface area contributed by atoms with Gasteiger partial charge in [-0.2, -0.15) is 5.26 Å². The number of hydrogen-bond acceptors (Lipinski definition) is 4. The number of nitrogens with zero attached hydrogens (tertiary/aromatic N) is 2. The first-order valence-corrected chi connectivity index (χ1v) is 6.26. The van der Waals surface area contributed by atoms with E-state index >= 15 is 0 Å². The smallest absolute Gasteiger partial charge is 0.0866 e. The minimum absolute atomic E-state index is 0.358. The van der Waals surface area contributed by atoms with Crippen LogP contribution in [0.4, 0.5) is 0 Å². The van der Waals surface area contributed by atoms with Crippen LogP contribution < -0.4 is 5.32 Å². The lowest BCUT2D eigenvalue weighted by Gasteiger charge is -2.33. The highest BCUT2D eigenvalue weighted by Gasteiger charge is 2.28. The van der Waals surface area contributed by atoms with Gasteiger partial charge in [-0.3, -0.25) is 4.90 Å². The number of ether oxygens (including phenoxy) is 1. The molecule has 2 unspecified atom stereocenters. The third-order valence-corrected chi connectivity index (χ3v) is 3.71. The van der Waals surface area contributed by atoms with Gasteiger partial charge in [-0.1, -0.05) is 0 Å². The van der Waals surface area contributed by atoms with Crippen LogP contribution in [0.5, 0.6) is 0 Å². The second-order valence-corrected chi connectivity index (χ2v) is 4.85. The monoisotopic (exact) mass is 223 g/mol. The van der Waals surface area contributed by atoms with E-state index in [1.807, 2.05) is 0 Å². The highest BCUT2D eigenvalue weighted by Crippen LogP contribution is 2.17. The first kappa shape index (κ1) is 11.8. The second kappa shape index (κ2) is 5.62. The molecular formula is C12H21N3O. The van der Waals surface area contributed by atoms with Crippen LogP contribution in [0.2, 0.25) is 0 Å². The summed E-state index contributed by atoms with van der Waals surface area (Å²) in [6, 6.07) is 3.37. The lowest BCUT2D eigenvalue weighted by Crippen LogP contribution is -2.48. The number of likely N-dealkylation sites (tertiary alicyclic amines) is 1. The Labute approximate surface area is 97.6 Å². The van der Waals surface area contributed by atoms with Crippen LogP contribution >= 0.6 is 0 Å². The van der Waals surface area contributed by atoms with Gasteiger partial charge in [0.25, 0.3) is 0 Å². The summed E-state index contributed by atoms with van der Waals surface area (Å²) in [5.41, 5.74) is 0. The summed E-state index contributed by atoms with van der Waals surface area (Å²) < 4.78 is 5.55. The van der Waals surface area contributed by atoms with Gasteiger partial charge < -0.3 is 10.1 Å². The van der Waals surface area contributed by atoms with Gasteiger partial charge in [-0.15, -0.1) is 0 Å². The SMILES string of the molecule is CC1OCCC1NC1CCN(CC#N)CC1. The predicted octanol–water partition coefficient (Wildman–Crippen LogP) is 0.741. The van der Waals surface area contributed by atoms with Gasteiger partial charge >= 0.3 is 0 Å². The molecule has 0 aromatic heterocycles. The van der Waals surface area contributed by atoms with E-state index < -0.39 is 0 Å². The molecule has 2 aliphatic rings. The van der Waals surface area contributed by atoms with E-state index in [-0.39, 0.29) is 0 Å². The van der Waals surface area contributed by atoms with Gasteiger partial charge in [0.1, 0.15) is 0 Å². The summed E-state index contributed by atoms with van der Waals surface area (Å²) >= 11 is 0. The van der Waals surface area contributed by atoms with Crippen molar-refractivity contribution in [2.45, 2.75) is 44.4 Å². The van der Waals surface area contributed by atoms with Gasteiger partial charge in [-0.05, 0) is 26.2 Å². The summed E-state index contributed by atoms with van der Waals surface area (Å²) in [4.78, 5) is 2.23. The van der Waals surface area contributed by atoms with Gasteiger partial charge in [-0.25, -0.2) is 0 Å². The van der Waals surface area contributed by atoms with Crippen molar-refractivity contribution >= 4 is 0 Å². The summed E-state index contributed by atoms with van der Waals surface area (Å²) in [5, 5.41) is 12.3. The van der Waals surface area contributed by atoms with Crippen molar-refractivity contribution in [2.24, 2.45) is 0 Å². The molecule has 0 spiro atoms. The van der Waals surface area contributed by atoms with Crippen molar-refractivity contribution in [1.82, 2.24) is 10.2 Å². The lowest BCUT2D eigenvalue weighted by atomic mass is 10.0. The summed E-state index contributed by atoms with van der Waals surface area (Å²) in [6.45, 7) is 5.72. The molecule has 2 atom stereocenters. The Hall–Kier alpha value is -0.630. The highest BCUT2D eigenvalue weighted by atomic mass is 16.5. The molecule has 2 aliphatic heterocycles. The topological polar surface area (TPSA) is 48.3 Å². The molecule has 0 aromatic carbocycles. The maximum Gasteiger partial charge on any atom is 0.0866 e. The molecule has 4 nitrogen and oxygen atoms in total. The number of rotatable bonds is 3. The molecule has 2 heterocycles. The van der Waals surface area contributed by atoms with Crippen molar-refractivity contribution in [1.29, 1.82) is 5.26 Å². The second-order valence-electron chi connectivity index (χ2n) is 4.85. The van der Waals surface area contributed by atoms with Gasteiger partial charge in [0.15, 0.2) is 0 Å². The molecule has 0 bridgehead atoms. The first-order chi connectivity index (χ1) is 7.79. The molecule has 90 valence electrons. The fourth-order valence-corrected chi connectivity index (χ4v) is 2.61. The zero-order valence-corrected chi connectivity index (χ0v) is 9.98. The molecule has 0 aromatic rings. The van der Waals surface area contributed by atoms with Crippen molar-refractivity contribution < 1.29 is 4.74 Å². The molecule has 16 heavy (non-hydrogen) atoms. The molecule has 2 saturated heterocycles. The number of nitrogens with one attached hydrogen (secondary N) is 1. The van der Waals surface area contributed by atoms with Gasteiger partial charge in [0, 0.05) is 31.8 Å². The fraction of sp³-hybridized carbons (Fsp3) is 0.917. The molecule has 4 heteroatoms. The first-order valence-electron chi connectivity index (χ1n) is 6.26. The number of hydrogen-bond donors (Lipinski definition) is 1. The average Bonchev–Trinajstić information content (AvgIpc) is 2.68. The fourth-order valence-electron chi connectivity index (χ4n) is 2.61. The van der Waals surface area contributed by atoms with Crippen molar-refractivity contribution in [3.63, 3.8) is 0 Å². The number of nitriles is 1. The molecule has 0 saturated carbocycles. The molecule has 0 amide bonds. The molecule has 2 fully saturated rings. The maximum absolute atomic E-state index is 8.63. The van der Waals surface area contributed by atoms with E-state index in [1.54, 1.807) is 0 Å². The van der Waals surface area contributed by atoms with Crippen molar-refractivity contribution in [3.05, 3.63) is 0 Å². The maximum atomic E-state index is 8.63. The van der Waals surface area contributed by atoms with Crippen LogP contribution in [-0.2, 0) is 4.74 Å². The van der Waals surface area contributed by atoms with Crippen LogP contribution in [-0.4, -0.2) is 49.3 Å². The minimum Gasteiger partial charge on any atom is -0.377 e. The molecule has 0 aliphatic carbocycles. The molecular weight excluding hydrogens is 202 g/mol. The minimum atomic E-state index is 0.358. The van der Waals surface area contributed by atoms with Crippen LogP contribution in [0.25, 0.3) is 0 Å². The van der Waals surface area contributed by atoms with E-state index in [0.717, 1.165) is 39.0 Å². The average molecular weight is 223 g/mol. The van der Waals surface area contributed by atoms with Crippen LogP contribution in [0.3, 0.4) is 0 Å².